The van der Waals surface area contributed by atoms with E-state index in [-0.39, 0.29) is 22.8 Å². The first-order valence-electron chi connectivity index (χ1n) is 10.1. The van der Waals surface area contributed by atoms with Gasteiger partial charge < -0.3 is 10.1 Å². The molecule has 1 aromatic carbocycles. The van der Waals surface area contributed by atoms with Gasteiger partial charge in [0.15, 0.2) is 0 Å². The van der Waals surface area contributed by atoms with Gasteiger partial charge in [-0.2, -0.15) is 0 Å². The standard InChI is InChI=1S/C21H24N2O2/c1-3-20-9-6-11-23-12-10-21(19(20)23)15-7-4-5-8-16(15)22-17(21)14(13-20)18(24)25-2/h4-9,19,22H,3,10-13H2,1-2H3/t19-,20-,21-/m0/s1/i4D,8D. The Morgan fingerprint density at radius 3 is 3.24 bits per heavy atom. The molecule has 0 bridgehead atoms. The van der Waals surface area contributed by atoms with E-state index in [9.17, 15) is 4.79 Å². The van der Waals surface area contributed by atoms with Crippen LogP contribution in [-0.4, -0.2) is 37.1 Å². The van der Waals surface area contributed by atoms with E-state index in [2.05, 4.69) is 29.3 Å². The Morgan fingerprint density at radius 2 is 2.44 bits per heavy atom. The number of carbonyl (C=O) groups excluding carboxylic acids is 1. The van der Waals surface area contributed by atoms with E-state index in [1.807, 2.05) is 6.07 Å². The van der Waals surface area contributed by atoms with Crippen LogP contribution in [0.1, 0.15) is 34.5 Å². The topological polar surface area (TPSA) is 41.6 Å². The first-order valence-corrected chi connectivity index (χ1v) is 9.09. The predicted molar refractivity (Wildman–Crippen MR) is 97.2 cm³/mol. The molecule has 3 atom stereocenters. The van der Waals surface area contributed by atoms with E-state index in [4.69, 9.17) is 7.48 Å². The number of anilines is 1. The minimum absolute atomic E-state index is 0.134. The highest BCUT2D eigenvalue weighted by Gasteiger charge is 2.65. The summed E-state index contributed by atoms with van der Waals surface area (Å²) in [5.74, 6) is -0.286. The predicted octanol–water partition coefficient (Wildman–Crippen LogP) is 3.22. The van der Waals surface area contributed by atoms with E-state index in [1.54, 1.807) is 6.07 Å². The van der Waals surface area contributed by atoms with Gasteiger partial charge >= 0.3 is 5.97 Å². The second kappa shape index (κ2) is 4.98. The maximum atomic E-state index is 12.8. The molecular formula is C21H24N2O2. The first kappa shape index (κ1) is 13.2. The molecule has 1 fully saturated rings. The Hall–Kier alpha value is -2.07. The number of hydrogen-bond donors (Lipinski definition) is 1. The number of carbonyl (C=O) groups is 1. The second-order valence-corrected chi connectivity index (χ2v) is 7.64. The molecule has 5 rings (SSSR count). The third-order valence-corrected chi connectivity index (χ3v) is 6.83. The van der Waals surface area contributed by atoms with E-state index in [1.165, 1.54) is 7.11 Å². The lowest BCUT2D eigenvalue weighted by Gasteiger charge is -2.53. The van der Waals surface area contributed by atoms with Crippen molar-refractivity contribution in [1.82, 2.24) is 4.90 Å². The number of nitrogens with one attached hydrogen (secondary N) is 1. The number of esters is 1. The second-order valence-electron chi connectivity index (χ2n) is 7.64. The van der Waals surface area contributed by atoms with E-state index in [0.29, 0.717) is 24.1 Å². The average Bonchev–Trinajstić information content (AvgIpc) is 3.22. The molecule has 1 N–H and O–H groups in total. The highest BCUT2D eigenvalue weighted by Crippen LogP contribution is 2.64. The van der Waals surface area contributed by atoms with Gasteiger partial charge in [-0.1, -0.05) is 37.3 Å². The number of para-hydroxylation sites is 1. The van der Waals surface area contributed by atoms with Crippen LogP contribution in [0, 0.1) is 5.41 Å². The fourth-order valence-corrected chi connectivity index (χ4v) is 5.87. The number of fused-ring (bicyclic) bond motifs is 1. The summed E-state index contributed by atoms with van der Waals surface area (Å²) < 4.78 is 21.8. The molecule has 4 heteroatoms. The van der Waals surface area contributed by atoms with Crippen LogP contribution >= 0.6 is 0 Å². The van der Waals surface area contributed by atoms with Gasteiger partial charge in [-0.25, -0.2) is 4.79 Å². The van der Waals surface area contributed by atoms with Gasteiger partial charge in [-0.3, -0.25) is 4.90 Å². The normalized spacial score (nSPS) is 36.2. The SMILES string of the molecule is [2H]c1cc([2H])c2c(c1)[C@@]13CCN4CC=C[C@@](CC)(CC(C(=O)OC)=C1N2)[C@H]43. The maximum absolute atomic E-state index is 12.8. The summed E-state index contributed by atoms with van der Waals surface area (Å²) in [4.78, 5) is 15.3. The third kappa shape index (κ3) is 1.68. The van der Waals surface area contributed by atoms with Crippen molar-refractivity contribution in [2.24, 2.45) is 5.41 Å². The Kier molecular flexibility index (Phi) is 2.62. The molecule has 1 aliphatic carbocycles. The molecule has 1 aromatic rings. The van der Waals surface area contributed by atoms with E-state index in [0.717, 1.165) is 42.9 Å². The largest absolute Gasteiger partial charge is 0.466 e. The fourth-order valence-electron chi connectivity index (χ4n) is 5.87. The summed E-state index contributed by atoms with van der Waals surface area (Å²) in [6.45, 7) is 4.06. The number of rotatable bonds is 2. The number of nitrogens with zero attached hydrogens (tertiary/aromatic N) is 1. The molecule has 0 amide bonds. The third-order valence-electron chi connectivity index (χ3n) is 6.83. The Labute approximate surface area is 151 Å². The number of methoxy groups -OCH3 is 1. The van der Waals surface area contributed by atoms with Crippen LogP contribution in [0.25, 0.3) is 0 Å². The zero-order valence-electron chi connectivity index (χ0n) is 16.7. The molecule has 3 heterocycles. The molecule has 1 saturated heterocycles. The van der Waals surface area contributed by atoms with Crippen molar-refractivity contribution in [2.45, 2.75) is 37.6 Å². The van der Waals surface area contributed by atoms with Gasteiger partial charge in [0.1, 0.15) is 0 Å². The van der Waals surface area contributed by atoms with Gasteiger partial charge in [-0.15, -0.1) is 0 Å². The molecule has 130 valence electrons. The molecule has 0 aromatic heterocycles. The van der Waals surface area contributed by atoms with Crippen LogP contribution in [0.15, 0.2) is 47.6 Å². The Morgan fingerprint density at radius 1 is 1.56 bits per heavy atom. The quantitative estimate of drug-likeness (QED) is 0.664. The average molecular weight is 338 g/mol. The summed E-state index contributed by atoms with van der Waals surface area (Å²) in [5, 5.41) is 3.45. The number of ether oxygens (including phenoxy) is 1. The lowest BCUT2D eigenvalue weighted by atomic mass is 9.55. The number of hydrogen-bond acceptors (Lipinski definition) is 4. The number of benzene rings is 1. The molecule has 0 saturated carbocycles. The van der Waals surface area contributed by atoms with Gasteiger partial charge in [0, 0.05) is 35.9 Å². The summed E-state index contributed by atoms with van der Waals surface area (Å²) in [5.41, 5.74) is 2.87. The van der Waals surface area contributed by atoms with Crippen LogP contribution in [0.2, 0.25) is 0 Å². The van der Waals surface area contributed by atoms with E-state index >= 15 is 0 Å². The molecule has 0 unspecified atom stereocenters. The zero-order valence-corrected chi connectivity index (χ0v) is 14.7. The van der Waals surface area contributed by atoms with Crippen molar-refractivity contribution in [3.8, 4) is 0 Å². The lowest BCUT2D eigenvalue weighted by molar-refractivity contribution is -0.137. The summed E-state index contributed by atoms with van der Waals surface area (Å²) in [7, 11) is 1.44. The summed E-state index contributed by atoms with van der Waals surface area (Å²) in [6.07, 6.45) is 7.01. The molecule has 4 nitrogen and oxygen atoms in total. The molecule has 3 aliphatic heterocycles. The smallest absolute Gasteiger partial charge is 0.335 e. The Balaban J connectivity index is 1.86. The summed E-state index contributed by atoms with van der Waals surface area (Å²) in [6, 6.07) is 4.38. The van der Waals surface area contributed by atoms with Crippen LogP contribution in [0.3, 0.4) is 0 Å². The first-order chi connectivity index (χ1) is 13.0. The van der Waals surface area contributed by atoms with Crippen molar-refractivity contribution < 1.29 is 12.3 Å². The highest BCUT2D eigenvalue weighted by molar-refractivity contribution is 5.93. The molecular weight excluding hydrogens is 312 g/mol. The molecule has 0 radical (unpaired) electrons. The van der Waals surface area contributed by atoms with Crippen molar-refractivity contribution >= 4 is 11.7 Å². The van der Waals surface area contributed by atoms with Crippen molar-refractivity contribution in [1.29, 1.82) is 0 Å². The van der Waals surface area contributed by atoms with Crippen molar-refractivity contribution in [3.63, 3.8) is 0 Å². The van der Waals surface area contributed by atoms with Crippen molar-refractivity contribution in [2.75, 3.05) is 25.5 Å². The minimum atomic E-state index is -0.370. The highest BCUT2D eigenvalue weighted by atomic mass is 16.5. The van der Waals surface area contributed by atoms with Crippen molar-refractivity contribution in [3.05, 3.63) is 53.2 Å². The minimum Gasteiger partial charge on any atom is -0.466 e. The fraction of sp³-hybridized carbons (Fsp3) is 0.476. The van der Waals surface area contributed by atoms with Crippen LogP contribution < -0.4 is 5.32 Å². The monoisotopic (exact) mass is 338 g/mol. The zero-order chi connectivity index (χ0) is 19.0. The van der Waals surface area contributed by atoms with Gasteiger partial charge in [0.2, 0.25) is 0 Å². The van der Waals surface area contributed by atoms with E-state index < -0.39 is 0 Å². The molecule has 4 aliphatic rings. The van der Waals surface area contributed by atoms with Gasteiger partial charge in [0.25, 0.3) is 0 Å². The lowest BCUT2D eigenvalue weighted by Crippen LogP contribution is -2.58. The van der Waals surface area contributed by atoms with Gasteiger partial charge in [-0.05, 0) is 30.9 Å². The molecule has 1 spiro atoms. The van der Waals surface area contributed by atoms with Crippen LogP contribution in [-0.2, 0) is 14.9 Å². The van der Waals surface area contributed by atoms with Crippen LogP contribution in [0.5, 0.6) is 0 Å². The Bertz CT molecular complexity index is 925. The molecule has 25 heavy (non-hydrogen) atoms. The van der Waals surface area contributed by atoms with Gasteiger partial charge in [0.05, 0.1) is 20.8 Å². The maximum Gasteiger partial charge on any atom is 0.335 e. The van der Waals surface area contributed by atoms with Crippen LogP contribution in [0.4, 0.5) is 5.69 Å². The summed E-state index contributed by atoms with van der Waals surface area (Å²) >= 11 is 0.